The number of carbonyl (C=O) groups is 1. The summed E-state index contributed by atoms with van der Waals surface area (Å²) in [7, 11) is 0. The number of thiophene rings is 1. The largest absolute Gasteiger partial charge is 0.480 e. The predicted octanol–water partition coefficient (Wildman–Crippen LogP) is 5.85. The summed E-state index contributed by atoms with van der Waals surface area (Å²) in [6.45, 7) is 0.732. The molecule has 3 rings (SSSR count). The maximum atomic E-state index is 11.8. The lowest BCUT2D eigenvalue weighted by Crippen LogP contribution is -2.46. The molecule has 0 radical (unpaired) electrons. The first-order valence-corrected chi connectivity index (χ1v) is 10.0. The van der Waals surface area contributed by atoms with E-state index in [0.29, 0.717) is 16.5 Å². The maximum Gasteiger partial charge on any atom is 0.320 e. The molecule has 3 nitrogen and oxygen atoms in total. The number of carboxylic acids is 1. The van der Waals surface area contributed by atoms with E-state index in [1.807, 2.05) is 18.2 Å². The van der Waals surface area contributed by atoms with Crippen LogP contribution >= 0.6 is 50.5 Å². The van der Waals surface area contributed by atoms with Crippen molar-refractivity contribution in [3.63, 3.8) is 0 Å². The highest BCUT2D eigenvalue weighted by Crippen LogP contribution is 2.41. The molecule has 0 saturated carbocycles. The highest BCUT2D eigenvalue weighted by atomic mass is 79.9. The Morgan fingerprint density at radius 3 is 2.71 bits per heavy atom. The zero-order chi connectivity index (χ0) is 17.3. The molecule has 128 valence electrons. The fourth-order valence-electron chi connectivity index (χ4n) is 3.22. The van der Waals surface area contributed by atoms with Gasteiger partial charge in [-0.15, -0.1) is 11.3 Å². The van der Waals surface area contributed by atoms with Gasteiger partial charge in [0.1, 0.15) is 6.04 Å². The second-order valence-electron chi connectivity index (χ2n) is 5.80. The van der Waals surface area contributed by atoms with E-state index in [4.69, 9.17) is 23.2 Å². The molecule has 1 saturated heterocycles. The Balaban J connectivity index is 2.09. The third kappa shape index (κ3) is 3.81. The number of carboxylic acid groups (broad SMARTS) is 1. The molecule has 0 bridgehead atoms. The summed E-state index contributed by atoms with van der Waals surface area (Å²) in [6, 6.07) is 8.74. The minimum absolute atomic E-state index is 0.188. The van der Waals surface area contributed by atoms with Crippen molar-refractivity contribution < 1.29 is 9.90 Å². The van der Waals surface area contributed by atoms with Gasteiger partial charge in [0, 0.05) is 14.9 Å². The summed E-state index contributed by atoms with van der Waals surface area (Å²) in [4.78, 5) is 14.9. The van der Waals surface area contributed by atoms with Crippen LogP contribution in [0.15, 0.2) is 34.1 Å². The molecule has 2 unspecified atom stereocenters. The highest BCUT2D eigenvalue weighted by molar-refractivity contribution is 9.11. The molecule has 24 heavy (non-hydrogen) atoms. The molecule has 0 spiro atoms. The minimum Gasteiger partial charge on any atom is -0.480 e. The summed E-state index contributed by atoms with van der Waals surface area (Å²) in [6.07, 6.45) is 2.57. The van der Waals surface area contributed by atoms with E-state index in [1.54, 1.807) is 23.5 Å². The van der Waals surface area contributed by atoms with Crippen LogP contribution in [-0.2, 0) is 4.79 Å². The van der Waals surface area contributed by atoms with Crippen LogP contribution in [0.2, 0.25) is 10.0 Å². The van der Waals surface area contributed by atoms with Gasteiger partial charge in [0.2, 0.25) is 0 Å². The Morgan fingerprint density at radius 1 is 1.29 bits per heavy atom. The topological polar surface area (TPSA) is 40.5 Å². The van der Waals surface area contributed by atoms with E-state index >= 15 is 0 Å². The molecule has 1 aliphatic rings. The highest BCUT2D eigenvalue weighted by Gasteiger charge is 2.36. The van der Waals surface area contributed by atoms with Crippen LogP contribution in [0.5, 0.6) is 0 Å². The molecule has 0 aliphatic carbocycles. The van der Waals surface area contributed by atoms with E-state index in [0.717, 1.165) is 33.6 Å². The van der Waals surface area contributed by atoms with Crippen LogP contribution in [0.25, 0.3) is 0 Å². The second-order valence-corrected chi connectivity index (χ2v) is 9.14. The number of rotatable bonds is 4. The Bertz CT molecular complexity index is 752. The smallest absolute Gasteiger partial charge is 0.320 e. The van der Waals surface area contributed by atoms with Gasteiger partial charge in [0.15, 0.2) is 0 Å². The minimum atomic E-state index is -0.777. The van der Waals surface area contributed by atoms with E-state index in [9.17, 15) is 9.90 Å². The van der Waals surface area contributed by atoms with Crippen molar-refractivity contribution in [3.05, 3.63) is 54.6 Å². The monoisotopic (exact) mass is 447 g/mol. The number of hydrogen-bond donors (Lipinski definition) is 1. The number of nitrogens with zero attached hydrogens (tertiary/aromatic N) is 1. The van der Waals surface area contributed by atoms with Crippen LogP contribution in [0.3, 0.4) is 0 Å². The molecule has 1 N–H and O–H groups in total. The summed E-state index contributed by atoms with van der Waals surface area (Å²) in [5.41, 5.74) is 0.892. The maximum absolute atomic E-state index is 11.8. The van der Waals surface area contributed by atoms with Crippen LogP contribution in [0.4, 0.5) is 0 Å². The lowest BCUT2D eigenvalue weighted by Gasteiger charge is -2.39. The van der Waals surface area contributed by atoms with Gasteiger partial charge in [0.25, 0.3) is 0 Å². The van der Waals surface area contributed by atoms with Crippen molar-refractivity contribution in [1.82, 2.24) is 4.90 Å². The average molecular weight is 449 g/mol. The van der Waals surface area contributed by atoms with Gasteiger partial charge in [-0.05, 0) is 65.1 Å². The number of benzene rings is 1. The number of aliphatic carboxylic acids is 1. The predicted molar refractivity (Wildman–Crippen MR) is 102 cm³/mol. The number of piperidine rings is 1. The van der Waals surface area contributed by atoms with E-state index < -0.39 is 12.0 Å². The van der Waals surface area contributed by atoms with Crippen LogP contribution in [0, 0.1) is 0 Å². The summed E-state index contributed by atoms with van der Waals surface area (Å²) >= 11 is 17.6. The third-order valence-electron chi connectivity index (χ3n) is 4.28. The van der Waals surface area contributed by atoms with Crippen molar-refractivity contribution in [1.29, 1.82) is 0 Å². The van der Waals surface area contributed by atoms with Crippen LogP contribution in [-0.4, -0.2) is 28.6 Å². The Labute approximate surface area is 163 Å². The normalized spacial score (nSPS) is 20.0. The average Bonchev–Trinajstić information content (AvgIpc) is 2.96. The molecular weight excluding hydrogens is 433 g/mol. The van der Waals surface area contributed by atoms with Crippen molar-refractivity contribution in [2.24, 2.45) is 0 Å². The standard InChI is InChI=1S/C17H16BrCl2NO2S/c18-15-7-6-14(24-15)16(11-5-4-10(19)9-12(11)20)21-8-2-1-3-13(21)17(22)23/h4-7,9,13,16H,1-3,8H2,(H,22,23). The molecule has 1 aromatic carbocycles. The Kier molecular flexibility index (Phi) is 5.88. The van der Waals surface area contributed by atoms with Gasteiger partial charge in [-0.3, -0.25) is 9.69 Å². The summed E-state index contributed by atoms with van der Waals surface area (Å²) in [5, 5.41) is 10.8. The molecule has 2 atom stereocenters. The first-order valence-electron chi connectivity index (χ1n) is 7.66. The zero-order valence-electron chi connectivity index (χ0n) is 12.7. The van der Waals surface area contributed by atoms with Crippen LogP contribution in [0.1, 0.15) is 35.7 Å². The lowest BCUT2D eigenvalue weighted by atomic mass is 9.95. The number of hydrogen-bond acceptors (Lipinski definition) is 3. The summed E-state index contributed by atoms with van der Waals surface area (Å²) < 4.78 is 1.01. The van der Waals surface area contributed by atoms with Crippen LogP contribution < -0.4 is 0 Å². The van der Waals surface area contributed by atoms with E-state index in [2.05, 4.69) is 20.8 Å². The molecular formula is C17H16BrCl2NO2S. The summed E-state index contributed by atoms with van der Waals surface area (Å²) in [5.74, 6) is -0.777. The van der Waals surface area contributed by atoms with Gasteiger partial charge in [-0.2, -0.15) is 0 Å². The fourth-order valence-corrected chi connectivity index (χ4v) is 5.30. The fraction of sp³-hybridized carbons (Fsp3) is 0.353. The quantitative estimate of drug-likeness (QED) is 0.637. The molecule has 0 amide bonds. The van der Waals surface area contributed by atoms with E-state index in [-0.39, 0.29) is 6.04 Å². The molecule has 2 heterocycles. The van der Waals surface area contributed by atoms with Crippen molar-refractivity contribution in [3.8, 4) is 0 Å². The Hall–Kier alpha value is -0.590. The molecule has 1 aliphatic heterocycles. The van der Waals surface area contributed by atoms with Gasteiger partial charge in [0.05, 0.1) is 9.83 Å². The van der Waals surface area contributed by atoms with Gasteiger partial charge >= 0.3 is 5.97 Å². The SMILES string of the molecule is O=C(O)C1CCCCN1C(c1ccc(Br)s1)c1ccc(Cl)cc1Cl. The van der Waals surface area contributed by atoms with Crippen molar-refractivity contribution >= 4 is 56.4 Å². The lowest BCUT2D eigenvalue weighted by molar-refractivity contribution is -0.145. The molecule has 7 heteroatoms. The molecule has 1 fully saturated rings. The van der Waals surface area contributed by atoms with Gasteiger partial charge < -0.3 is 5.11 Å². The first kappa shape index (κ1) is 18.2. The van der Waals surface area contributed by atoms with E-state index in [1.165, 1.54) is 0 Å². The Morgan fingerprint density at radius 2 is 2.08 bits per heavy atom. The zero-order valence-corrected chi connectivity index (χ0v) is 16.6. The van der Waals surface area contributed by atoms with Gasteiger partial charge in [-0.1, -0.05) is 35.7 Å². The molecule has 2 aromatic rings. The number of halogens is 3. The third-order valence-corrected chi connectivity index (χ3v) is 6.52. The second kappa shape index (κ2) is 7.75. The van der Waals surface area contributed by atoms with Gasteiger partial charge in [-0.25, -0.2) is 0 Å². The molecule has 1 aromatic heterocycles. The van der Waals surface area contributed by atoms with Crippen molar-refractivity contribution in [2.45, 2.75) is 31.3 Å². The number of likely N-dealkylation sites (tertiary alicyclic amines) is 1. The first-order chi connectivity index (χ1) is 11.5. The van der Waals surface area contributed by atoms with Crippen molar-refractivity contribution in [2.75, 3.05) is 6.54 Å².